The smallest absolute Gasteiger partial charge is 0.422 e. The molecule has 1 aromatic heterocycles. The molecule has 0 unspecified atom stereocenters. The van der Waals surface area contributed by atoms with Gasteiger partial charge >= 0.3 is 6.18 Å². The van der Waals surface area contributed by atoms with Crippen molar-refractivity contribution < 1.29 is 22.6 Å². The average Bonchev–Trinajstić information content (AvgIpc) is 3.56. The lowest BCUT2D eigenvalue weighted by Crippen LogP contribution is -2.36. The first kappa shape index (κ1) is 25.0. The Morgan fingerprint density at radius 1 is 1.06 bits per heavy atom. The molecule has 1 aromatic carbocycles. The summed E-state index contributed by atoms with van der Waals surface area (Å²) in [5, 5.41) is 6.26. The van der Waals surface area contributed by atoms with E-state index in [0.717, 1.165) is 17.9 Å². The Labute approximate surface area is 196 Å². The van der Waals surface area contributed by atoms with Gasteiger partial charge in [-0.3, -0.25) is 4.99 Å². The minimum Gasteiger partial charge on any atom is -0.493 e. The van der Waals surface area contributed by atoms with E-state index in [1.165, 1.54) is 19.0 Å². The third kappa shape index (κ3) is 8.80. The number of rotatable bonds is 9. The molecule has 2 N–H and O–H groups in total. The molecule has 170 valence electrons. The minimum atomic E-state index is -4.42. The zero-order valence-electron chi connectivity index (χ0n) is 17.1. The Kier molecular flexibility index (Phi) is 9.66. The molecule has 1 fully saturated rings. The van der Waals surface area contributed by atoms with Crippen LogP contribution < -0.4 is 20.1 Å². The molecule has 31 heavy (non-hydrogen) atoms. The van der Waals surface area contributed by atoms with Crippen molar-refractivity contribution in [1.82, 2.24) is 15.6 Å². The third-order valence-electron chi connectivity index (χ3n) is 4.48. The van der Waals surface area contributed by atoms with Crippen molar-refractivity contribution in [2.24, 2.45) is 10.9 Å². The number of aliphatic imine (C=N–C) groups is 1. The molecule has 2 aromatic rings. The molecule has 1 aliphatic rings. The highest BCUT2D eigenvalue weighted by Gasteiger charge is 2.29. The van der Waals surface area contributed by atoms with Crippen LogP contribution in [-0.4, -0.2) is 37.4 Å². The summed E-state index contributed by atoms with van der Waals surface area (Å²) in [5.41, 5.74) is 1.49. The van der Waals surface area contributed by atoms with Gasteiger partial charge in [0.25, 0.3) is 0 Å². The number of benzene rings is 1. The fraction of sp³-hybridized carbons (Fsp3) is 0.429. The average molecular weight is 550 g/mol. The molecular weight excluding hydrogens is 524 g/mol. The highest BCUT2D eigenvalue weighted by Crippen LogP contribution is 2.30. The van der Waals surface area contributed by atoms with E-state index in [-0.39, 0.29) is 36.4 Å². The summed E-state index contributed by atoms with van der Waals surface area (Å²) in [6.07, 6.45) is -0.588. The van der Waals surface area contributed by atoms with Gasteiger partial charge in [0, 0.05) is 37.5 Å². The lowest BCUT2D eigenvalue weighted by molar-refractivity contribution is -0.154. The highest BCUT2D eigenvalue weighted by molar-refractivity contribution is 14.0. The van der Waals surface area contributed by atoms with Crippen LogP contribution in [-0.2, 0) is 13.1 Å². The van der Waals surface area contributed by atoms with Crippen LogP contribution >= 0.6 is 24.0 Å². The topological polar surface area (TPSA) is 67.8 Å². The van der Waals surface area contributed by atoms with Crippen LogP contribution in [0.3, 0.4) is 0 Å². The summed E-state index contributed by atoms with van der Waals surface area (Å²) in [4.78, 5) is 8.05. The molecule has 1 heterocycles. The molecule has 0 amide bonds. The first-order valence-corrected chi connectivity index (χ1v) is 9.73. The quantitative estimate of drug-likeness (QED) is 0.277. The monoisotopic (exact) mass is 550 g/mol. The van der Waals surface area contributed by atoms with E-state index in [1.54, 1.807) is 19.2 Å². The Hall–Kier alpha value is -2.24. The molecule has 10 heteroatoms. The van der Waals surface area contributed by atoms with Crippen LogP contribution in [0, 0.1) is 5.92 Å². The normalized spacial score (nSPS) is 13.9. The Morgan fingerprint density at radius 2 is 1.74 bits per heavy atom. The molecule has 0 radical (unpaired) electrons. The number of ether oxygens (including phenoxy) is 2. The van der Waals surface area contributed by atoms with Crippen LogP contribution in [0.5, 0.6) is 11.6 Å². The Balaban J connectivity index is 0.00000341. The number of para-hydroxylation sites is 1. The van der Waals surface area contributed by atoms with Gasteiger partial charge in [-0.1, -0.05) is 24.3 Å². The van der Waals surface area contributed by atoms with Gasteiger partial charge in [-0.05, 0) is 30.9 Å². The van der Waals surface area contributed by atoms with E-state index >= 15 is 0 Å². The van der Waals surface area contributed by atoms with Crippen molar-refractivity contribution >= 4 is 29.9 Å². The van der Waals surface area contributed by atoms with Crippen LogP contribution in [0.25, 0.3) is 0 Å². The van der Waals surface area contributed by atoms with Crippen molar-refractivity contribution in [3.63, 3.8) is 0 Å². The largest absolute Gasteiger partial charge is 0.493 e. The number of alkyl halides is 3. The predicted molar refractivity (Wildman–Crippen MR) is 123 cm³/mol. The zero-order chi connectivity index (χ0) is 21.4. The van der Waals surface area contributed by atoms with Gasteiger partial charge in [0.1, 0.15) is 5.75 Å². The first-order chi connectivity index (χ1) is 14.4. The van der Waals surface area contributed by atoms with Crippen LogP contribution in [0.15, 0.2) is 47.6 Å². The Morgan fingerprint density at radius 3 is 2.42 bits per heavy atom. The van der Waals surface area contributed by atoms with Crippen molar-refractivity contribution in [2.45, 2.75) is 32.1 Å². The third-order valence-corrected chi connectivity index (χ3v) is 4.48. The maximum atomic E-state index is 12.4. The minimum absolute atomic E-state index is 0. The van der Waals surface area contributed by atoms with E-state index in [1.807, 2.05) is 24.3 Å². The van der Waals surface area contributed by atoms with E-state index in [9.17, 15) is 13.2 Å². The lowest BCUT2D eigenvalue weighted by Gasteiger charge is -2.16. The molecule has 0 saturated heterocycles. The first-order valence-electron chi connectivity index (χ1n) is 9.73. The molecule has 0 bridgehead atoms. The molecule has 1 saturated carbocycles. The molecule has 3 rings (SSSR count). The van der Waals surface area contributed by atoms with Gasteiger partial charge in [-0.2, -0.15) is 13.2 Å². The second-order valence-electron chi connectivity index (χ2n) is 7.01. The van der Waals surface area contributed by atoms with Crippen molar-refractivity contribution in [1.29, 1.82) is 0 Å². The highest BCUT2D eigenvalue weighted by atomic mass is 127. The number of aromatic nitrogens is 1. The summed E-state index contributed by atoms with van der Waals surface area (Å²) in [7, 11) is 1.62. The van der Waals surface area contributed by atoms with Gasteiger partial charge in [0.2, 0.25) is 5.88 Å². The summed E-state index contributed by atoms with van der Waals surface area (Å²) in [6.45, 7) is 0.0405. The van der Waals surface area contributed by atoms with Crippen LogP contribution in [0.4, 0.5) is 13.2 Å². The summed E-state index contributed by atoms with van der Waals surface area (Å²) in [5.74, 6) is 1.94. The van der Waals surface area contributed by atoms with Gasteiger partial charge in [0.15, 0.2) is 12.6 Å². The number of pyridine rings is 1. The number of halogens is 4. The molecule has 0 aliphatic heterocycles. The maximum Gasteiger partial charge on any atom is 0.422 e. The van der Waals surface area contributed by atoms with Crippen molar-refractivity contribution in [3.05, 3.63) is 53.7 Å². The fourth-order valence-corrected chi connectivity index (χ4v) is 2.70. The van der Waals surface area contributed by atoms with Gasteiger partial charge < -0.3 is 20.1 Å². The number of guanidine groups is 1. The Bertz CT molecular complexity index is 861. The van der Waals surface area contributed by atoms with E-state index in [2.05, 4.69) is 20.6 Å². The SMILES string of the molecule is CN=C(NCc1ccccc1OCC1CC1)NCc1cccnc1OCC(F)(F)F.I. The van der Waals surface area contributed by atoms with Gasteiger partial charge in [-0.25, -0.2) is 4.98 Å². The molecular formula is C21H26F3IN4O2. The lowest BCUT2D eigenvalue weighted by atomic mass is 10.2. The van der Waals surface area contributed by atoms with Gasteiger partial charge in [-0.15, -0.1) is 24.0 Å². The number of nitrogens with zero attached hydrogens (tertiary/aromatic N) is 2. The van der Waals surface area contributed by atoms with E-state index in [0.29, 0.717) is 24.0 Å². The maximum absolute atomic E-state index is 12.4. The molecule has 6 nitrogen and oxygen atoms in total. The number of hydrogen-bond donors (Lipinski definition) is 2. The van der Waals surface area contributed by atoms with Gasteiger partial charge in [0.05, 0.1) is 6.61 Å². The van der Waals surface area contributed by atoms with Crippen molar-refractivity contribution in [3.8, 4) is 11.6 Å². The van der Waals surface area contributed by atoms with E-state index < -0.39 is 12.8 Å². The zero-order valence-corrected chi connectivity index (χ0v) is 19.4. The molecule has 0 spiro atoms. The van der Waals surface area contributed by atoms with E-state index in [4.69, 9.17) is 9.47 Å². The predicted octanol–water partition coefficient (Wildman–Crippen LogP) is 4.29. The second kappa shape index (κ2) is 12.0. The van der Waals surface area contributed by atoms with Crippen LogP contribution in [0.2, 0.25) is 0 Å². The van der Waals surface area contributed by atoms with Crippen molar-refractivity contribution in [2.75, 3.05) is 20.3 Å². The molecule has 1 aliphatic carbocycles. The summed E-state index contributed by atoms with van der Waals surface area (Å²) in [6, 6.07) is 11.1. The molecule has 0 atom stereocenters. The summed E-state index contributed by atoms with van der Waals surface area (Å²) >= 11 is 0. The summed E-state index contributed by atoms with van der Waals surface area (Å²) < 4.78 is 48.0. The standard InChI is InChI=1S/C21H25F3N4O2.HI/c1-25-20(27-11-16-5-2-3-7-18(16)29-13-15-8-9-15)28-12-17-6-4-10-26-19(17)30-14-21(22,23)24;/h2-7,10,15H,8-9,11-14H2,1H3,(H2,25,27,28);1H. The number of hydrogen-bond acceptors (Lipinski definition) is 4. The number of nitrogens with one attached hydrogen (secondary N) is 2. The fourth-order valence-electron chi connectivity index (χ4n) is 2.70. The second-order valence-corrected chi connectivity index (χ2v) is 7.01. The van der Waals surface area contributed by atoms with Crippen LogP contribution in [0.1, 0.15) is 24.0 Å².